The molecule has 0 bridgehead atoms. The fourth-order valence-electron chi connectivity index (χ4n) is 1.50. The Labute approximate surface area is 124 Å². The normalized spacial score (nSPS) is 13.5. The van der Waals surface area contributed by atoms with Crippen molar-refractivity contribution in [2.45, 2.75) is 24.3 Å². The van der Waals surface area contributed by atoms with Crippen molar-refractivity contribution in [1.82, 2.24) is 4.72 Å². The predicted octanol–water partition coefficient (Wildman–Crippen LogP) is 3.15. The third-order valence-corrected chi connectivity index (χ3v) is 5.63. The highest BCUT2D eigenvalue weighted by atomic mass is 79.9. The minimum Gasteiger partial charge on any atom is -0.207 e. The molecule has 108 valence electrons. The van der Waals surface area contributed by atoms with E-state index in [0.717, 1.165) is 6.07 Å². The Morgan fingerprint density at radius 3 is 2.53 bits per heavy atom. The van der Waals surface area contributed by atoms with Crippen molar-refractivity contribution in [3.05, 3.63) is 28.2 Å². The van der Waals surface area contributed by atoms with Crippen LogP contribution in [0.1, 0.15) is 13.3 Å². The Balaban J connectivity index is 3.14. The highest BCUT2D eigenvalue weighted by Crippen LogP contribution is 2.26. The van der Waals surface area contributed by atoms with Gasteiger partial charge in [0, 0.05) is 22.3 Å². The number of halogens is 3. The largest absolute Gasteiger partial charge is 0.244 e. The van der Waals surface area contributed by atoms with Crippen LogP contribution >= 0.6 is 27.7 Å². The summed E-state index contributed by atoms with van der Waals surface area (Å²) in [6, 6.07) is 1.18. The smallest absolute Gasteiger partial charge is 0.207 e. The van der Waals surface area contributed by atoms with Crippen LogP contribution in [0.4, 0.5) is 8.78 Å². The van der Waals surface area contributed by atoms with Crippen LogP contribution in [0.2, 0.25) is 0 Å². The molecule has 1 aromatic rings. The van der Waals surface area contributed by atoms with E-state index in [1.165, 1.54) is 11.8 Å². The van der Waals surface area contributed by atoms with Crippen LogP contribution in [0.3, 0.4) is 0 Å². The maximum atomic E-state index is 13.7. The Kier molecular flexibility index (Phi) is 6.22. The van der Waals surface area contributed by atoms with Gasteiger partial charge in [-0.05, 0) is 34.7 Å². The molecule has 3 nitrogen and oxygen atoms in total. The minimum absolute atomic E-state index is 0.128. The Bertz CT molecular complexity index is 529. The first kappa shape index (κ1) is 16.9. The van der Waals surface area contributed by atoms with Gasteiger partial charge in [0.1, 0.15) is 16.5 Å². The Hall–Kier alpha value is -0.180. The SMILES string of the molecule is CCC(CSC)NS(=O)(=O)c1c(F)cc(F)cc1Br. The van der Waals surface area contributed by atoms with E-state index in [-0.39, 0.29) is 10.5 Å². The zero-order chi connectivity index (χ0) is 14.6. The molecule has 0 spiro atoms. The average Bonchev–Trinajstić information content (AvgIpc) is 2.25. The molecule has 0 radical (unpaired) electrons. The number of hydrogen-bond donors (Lipinski definition) is 1. The predicted molar refractivity (Wildman–Crippen MR) is 76.8 cm³/mol. The van der Waals surface area contributed by atoms with Gasteiger partial charge in [-0.15, -0.1) is 0 Å². The maximum Gasteiger partial charge on any atom is 0.244 e. The molecule has 1 N–H and O–H groups in total. The summed E-state index contributed by atoms with van der Waals surface area (Å²) in [6.07, 6.45) is 2.44. The second-order valence-electron chi connectivity index (χ2n) is 3.88. The summed E-state index contributed by atoms with van der Waals surface area (Å²) in [5.41, 5.74) is 0. The summed E-state index contributed by atoms with van der Waals surface area (Å²) in [5.74, 6) is -1.37. The molecule has 0 saturated carbocycles. The van der Waals surface area contributed by atoms with Gasteiger partial charge in [-0.2, -0.15) is 11.8 Å². The molecule has 0 aliphatic carbocycles. The van der Waals surface area contributed by atoms with Crippen LogP contribution < -0.4 is 4.72 Å². The Morgan fingerprint density at radius 2 is 2.05 bits per heavy atom. The quantitative estimate of drug-likeness (QED) is 0.832. The second kappa shape index (κ2) is 7.01. The molecule has 1 aromatic carbocycles. The topological polar surface area (TPSA) is 46.2 Å². The fraction of sp³-hybridized carbons (Fsp3) is 0.455. The lowest BCUT2D eigenvalue weighted by atomic mass is 10.3. The van der Waals surface area contributed by atoms with E-state index in [1.807, 2.05) is 13.2 Å². The average molecular weight is 374 g/mol. The first-order valence-electron chi connectivity index (χ1n) is 5.47. The zero-order valence-electron chi connectivity index (χ0n) is 10.4. The molecule has 1 rings (SSSR count). The van der Waals surface area contributed by atoms with E-state index < -0.39 is 26.6 Å². The molecule has 1 atom stereocenters. The summed E-state index contributed by atoms with van der Waals surface area (Å²) in [6.45, 7) is 1.83. The molecule has 0 aliphatic heterocycles. The monoisotopic (exact) mass is 373 g/mol. The van der Waals surface area contributed by atoms with Crippen LogP contribution in [0, 0.1) is 11.6 Å². The van der Waals surface area contributed by atoms with E-state index in [0.29, 0.717) is 18.2 Å². The Morgan fingerprint density at radius 1 is 1.42 bits per heavy atom. The lowest BCUT2D eigenvalue weighted by molar-refractivity contribution is 0.530. The number of sulfonamides is 1. The van der Waals surface area contributed by atoms with Crippen LogP contribution in [-0.4, -0.2) is 26.5 Å². The lowest BCUT2D eigenvalue weighted by Crippen LogP contribution is -2.36. The van der Waals surface area contributed by atoms with Gasteiger partial charge in [-0.1, -0.05) is 6.92 Å². The third-order valence-electron chi connectivity index (χ3n) is 2.41. The van der Waals surface area contributed by atoms with Gasteiger partial charge >= 0.3 is 0 Å². The lowest BCUT2D eigenvalue weighted by Gasteiger charge is -2.17. The molecule has 8 heteroatoms. The first-order valence-corrected chi connectivity index (χ1v) is 9.14. The van der Waals surface area contributed by atoms with Gasteiger partial charge in [0.25, 0.3) is 0 Å². The number of benzene rings is 1. The fourth-order valence-corrected chi connectivity index (χ4v) is 4.81. The highest BCUT2D eigenvalue weighted by molar-refractivity contribution is 9.10. The van der Waals surface area contributed by atoms with E-state index in [2.05, 4.69) is 20.7 Å². The van der Waals surface area contributed by atoms with Crippen molar-refractivity contribution in [1.29, 1.82) is 0 Å². The summed E-state index contributed by atoms with van der Waals surface area (Å²) in [7, 11) is -4.02. The van der Waals surface area contributed by atoms with Crippen LogP contribution in [0.5, 0.6) is 0 Å². The molecule has 1 unspecified atom stereocenters. The van der Waals surface area contributed by atoms with Gasteiger partial charge in [0.2, 0.25) is 10.0 Å². The maximum absolute atomic E-state index is 13.7. The molecular formula is C11H14BrF2NO2S2. The van der Waals surface area contributed by atoms with Crippen molar-refractivity contribution in [3.63, 3.8) is 0 Å². The molecule has 0 aromatic heterocycles. The van der Waals surface area contributed by atoms with Crippen LogP contribution in [0.25, 0.3) is 0 Å². The first-order chi connectivity index (χ1) is 8.81. The molecular weight excluding hydrogens is 360 g/mol. The van der Waals surface area contributed by atoms with Gasteiger partial charge in [-0.25, -0.2) is 21.9 Å². The van der Waals surface area contributed by atoms with Gasteiger partial charge in [0.15, 0.2) is 0 Å². The minimum atomic E-state index is -4.02. The van der Waals surface area contributed by atoms with Gasteiger partial charge in [0.05, 0.1) is 0 Å². The number of thioether (sulfide) groups is 1. The van der Waals surface area contributed by atoms with E-state index in [9.17, 15) is 17.2 Å². The number of hydrogen-bond acceptors (Lipinski definition) is 3. The zero-order valence-corrected chi connectivity index (χ0v) is 13.6. The van der Waals surface area contributed by atoms with Crippen LogP contribution in [0.15, 0.2) is 21.5 Å². The van der Waals surface area contributed by atoms with E-state index >= 15 is 0 Å². The van der Waals surface area contributed by atoms with E-state index in [1.54, 1.807) is 0 Å². The van der Waals surface area contributed by atoms with Gasteiger partial charge < -0.3 is 0 Å². The summed E-state index contributed by atoms with van der Waals surface area (Å²) in [5, 5.41) is 0. The van der Waals surface area contributed by atoms with Crippen molar-refractivity contribution < 1.29 is 17.2 Å². The number of rotatable bonds is 6. The molecule has 0 aliphatic rings. The third kappa shape index (κ3) is 4.40. The molecule has 0 amide bonds. The van der Waals surface area contributed by atoms with Gasteiger partial charge in [-0.3, -0.25) is 0 Å². The second-order valence-corrected chi connectivity index (χ2v) is 7.30. The van der Waals surface area contributed by atoms with Crippen molar-refractivity contribution in [3.8, 4) is 0 Å². The summed E-state index contributed by atoms with van der Waals surface area (Å²) < 4.78 is 53.1. The molecule has 0 saturated heterocycles. The highest BCUT2D eigenvalue weighted by Gasteiger charge is 2.25. The van der Waals surface area contributed by atoms with E-state index in [4.69, 9.17) is 0 Å². The summed E-state index contributed by atoms with van der Waals surface area (Å²) >= 11 is 4.37. The number of nitrogens with one attached hydrogen (secondary N) is 1. The van der Waals surface area contributed by atoms with Crippen molar-refractivity contribution >= 4 is 37.7 Å². The van der Waals surface area contributed by atoms with Crippen molar-refractivity contribution in [2.75, 3.05) is 12.0 Å². The van der Waals surface area contributed by atoms with Crippen LogP contribution in [-0.2, 0) is 10.0 Å². The molecule has 0 fully saturated rings. The standard InChI is InChI=1S/C11H14BrF2NO2S2/c1-3-8(6-18-2)15-19(16,17)11-9(12)4-7(13)5-10(11)14/h4-5,8,15H,3,6H2,1-2H3. The summed E-state index contributed by atoms with van der Waals surface area (Å²) in [4.78, 5) is -0.562. The molecule has 19 heavy (non-hydrogen) atoms. The van der Waals surface area contributed by atoms with Crippen molar-refractivity contribution in [2.24, 2.45) is 0 Å². The molecule has 0 heterocycles.